The number of pyridine rings is 1. The maximum Gasteiger partial charge on any atom is 0.277 e. The van der Waals surface area contributed by atoms with Gasteiger partial charge in [-0.15, -0.1) is 0 Å². The van der Waals surface area contributed by atoms with Gasteiger partial charge in [0.2, 0.25) is 0 Å². The summed E-state index contributed by atoms with van der Waals surface area (Å²) in [6, 6.07) is 7.43. The van der Waals surface area contributed by atoms with E-state index in [0.29, 0.717) is 22.3 Å². The zero-order chi connectivity index (χ0) is 19.3. The van der Waals surface area contributed by atoms with E-state index in [9.17, 15) is 4.79 Å². The summed E-state index contributed by atoms with van der Waals surface area (Å²) in [6.45, 7) is 6.41. The molecule has 1 aliphatic heterocycles. The van der Waals surface area contributed by atoms with Crippen LogP contribution in [0.4, 0.5) is 5.69 Å². The summed E-state index contributed by atoms with van der Waals surface area (Å²) >= 11 is 12.3. The van der Waals surface area contributed by atoms with Crippen LogP contribution < -0.4 is 4.90 Å². The second-order valence-electron chi connectivity index (χ2n) is 6.85. The molecule has 0 aliphatic carbocycles. The van der Waals surface area contributed by atoms with E-state index >= 15 is 0 Å². The maximum absolute atomic E-state index is 13.4. The number of rotatable bonds is 2. The molecule has 4 rings (SSSR count). The van der Waals surface area contributed by atoms with Gasteiger partial charge in [0.15, 0.2) is 0 Å². The van der Waals surface area contributed by atoms with Gasteiger partial charge in [0.1, 0.15) is 5.69 Å². The molecule has 0 spiro atoms. The predicted octanol–water partition coefficient (Wildman–Crippen LogP) is 5.09. The summed E-state index contributed by atoms with van der Waals surface area (Å²) in [5, 5.41) is 5.39. The van der Waals surface area contributed by atoms with Gasteiger partial charge >= 0.3 is 0 Å². The molecule has 1 amide bonds. The SMILES string of the molecule is Cc1cc(-c2cnn3c2C(=O)N(c2cc(Cl)c(Cl)cc2C)C[C@@H]3C)ccn1. The predicted molar refractivity (Wildman–Crippen MR) is 108 cm³/mol. The minimum atomic E-state index is -0.100. The van der Waals surface area contributed by atoms with E-state index in [0.717, 1.165) is 28.1 Å². The van der Waals surface area contributed by atoms with Crippen molar-refractivity contribution in [3.63, 3.8) is 0 Å². The zero-order valence-electron chi connectivity index (χ0n) is 15.2. The topological polar surface area (TPSA) is 51.0 Å². The van der Waals surface area contributed by atoms with Crippen molar-refractivity contribution >= 4 is 34.8 Å². The number of aromatic nitrogens is 3. The summed E-state index contributed by atoms with van der Waals surface area (Å²) in [4.78, 5) is 19.4. The third-order valence-corrected chi connectivity index (χ3v) is 5.57. The maximum atomic E-state index is 13.4. The summed E-state index contributed by atoms with van der Waals surface area (Å²) < 4.78 is 1.80. The molecule has 27 heavy (non-hydrogen) atoms. The quantitative estimate of drug-likeness (QED) is 0.601. The minimum Gasteiger partial charge on any atom is -0.305 e. The number of carbonyl (C=O) groups excluding carboxylic acids is 1. The van der Waals surface area contributed by atoms with Gasteiger partial charge in [0.05, 0.1) is 22.3 Å². The highest BCUT2D eigenvalue weighted by atomic mass is 35.5. The van der Waals surface area contributed by atoms with Gasteiger partial charge in [-0.1, -0.05) is 23.2 Å². The Kier molecular flexibility index (Phi) is 4.44. The molecule has 3 heterocycles. The fourth-order valence-electron chi connectivity index (χ4n) is 3.52. The second kappa shape index (κ2) is 6.66. The summed E-state index contributed by atoms with van der Waals surface area (Å²) in [6.07, 6.45) is 3.50. The average Bonchev–Trinajstić information content (AvgIpc) is 3.07. The Labute approximate surface area is 167 Å². The summed E-state index contributed by atoms with van der Waals surface area (Å²) in [5.41, 5.74) is 4.87. The smallest absolute Gasteiger partial charge is 0.277 e. The van der Waals surface area contributed by atoms with Gasteiger partial charge in [-0.2, -0.15) is 5.10 Å². The van der Waals surface area contributed by atoms with Gasteiger partial charge in [-0.05, 0) is 56.2 Å². The van der Waals surface area contributed by atoms with Crippen molar-refractivity contribution in [1.29, 1.82) is 0 Å². The highest BCUT2D eigenvalue weighted by Crippen LogP contribution is 2.36. The molecule has 2 aromatic heterocycles. The molecule has 0 saturated heterocycles. The van der Waals surface area contributed by atoms with Crippen LogP contribution in [0.25, 0.3) is 11.1 Å². The standard InChI is InChI=1S/C20H18Cl2N4O/c1-11-6-16(21)17(22)8-18(11)25-10-13(3)26-19(20(25)27)15(9-24-26)14-4-5-23-12(2)7-14/h4-9,13H,10H2,1-3H3/t13-/m0/s1. The molecular formula is C20H18Cl2N4O. The number of carbonyl (C=O) groups is 1. The van der Waals surface area contributed by atoms with Crippen LogP contribution in [0.2, 0.25) is 10.0 Å². The van der Waals surface area contributed by atoms with Crippen molar-refractivity contribution in [3.05, 3.63) is 63.7 Å². The highest BCUT2D eigenvalue weighted by molar-refractivity contribution is 6.42. The molecule has 0 N–H and O–H groups in total. The molecule has 0 radical (unpaired) electrons. The van der Waals surface area contributed by atoms with Crippen LogP contribution in [0.3, 0.4) is 0 Å². The van der Waals surface area contributed by atoms with E-state index in [1.54, 1.807) is 34.1 Å². The lowest BCUT2D eigenvalue weighted by Gasteiger charge is -2.33. The van der Waals surface area contributed by atoms with Crippen molar-refractivity contribution in [3.8, 4) is 11.1 Å². The van der Waals surface area contributed by atoms with Crippen LogP contribution in [0.5, 0.6) is 0 Å². The van der Waals surface area contributed by atoms with Gasteiger partial charge in [0, 0.05) is 29.7 Å². The van der Waals surface area contributed by atoms with Crippen LogP contribution in [0, 0.1) is 13.8 Å². The summed E-state index contributed by atoms with van der Waals surface area (Å²) in [5.74, 6) is -0.100. The number of amides is 1. The van der Waals surface area contributed by atoms with E-state index in [-0.39, 0.29) is 11.9 Å². The van der Waals surface area contributed by atoms with Crippen LogP contribution in [0.15, 0.2) is 36.7 Å². The lowest BCUT2D eigenvalue weighted by Crippen LogP contribution is -2.43. The van der Waals surface area contributed by atoms with E-state index in [4.69, 9.17) is 23.2 Å². The number of hydrogen-bond acceptors (Lipinski definition) is 3. The van der Waals surface area contributed by atoms with Crippen LogP contribution >= 0.6 is 23.2 Å². The Morgan fingerprint density at radius 1 is 1.15 bits per heavy atom. The Bertz CT molecular complexity index is 1060. The number of benzene rings is 1. The average molecular weight is 401 g/mol. The molecule has 1 aromatic carbocycles. The summed E-state index contributed by atoms with van der Waals surface area (Å²) in [7, 11) is 0. The fraction of sp³-hybridized carbons (Fsp3) is 0.250. The third-order valence-electron chi connectivity index (χ3n) is 4.84. The molecule has 0 fully saturated rings. The third kappa shape index (κ3) is 3.01. The molecular weight excluding hydrogens is 383 g/mol. The Hall–Kier alpha value is -2.37. The lowest BCUT2D eigenvalue weighted by molar-refractivity contribution is 0.0954. The molecule has 3 aromatic rings. The minimum absolute atomic E-state index is 0.0308. The second-order valence-corrected chi connectivity index (χ2v) is 7.67. The molecule has 0 bridgehead atoms. The normalized spacial score (nSPS) is 16.6. The Morgan fingerprint density at radius 3 is 2.63 bits per heavy atom. The van der Waals surface area contributed by atoms with Crippen molar-refractivity contribution in [2.24, 2.45) is 0 Å². The molecule has 7 heteroatoms. The van der Waals surface area contributed by atoms with E-state index in [1.807, 2.05) is 32.9 Å². The number of anilines is 1. The van der Waals surface area contributed by atoms with Gasteiger partial charge in [-0.25, -0.2) is 0 Å². The van der Waals surface area contributed by atoms with Crippen molar-refractivity contribution in [2.75, 3.05) is 11.4 Å². The Balaban J connectivity index is 1.84. The van der Waals surface area contributed by atoms with Crippen molar-refractivity contribution in [2.45, 2.75) is 26.8 Å². The molecule has 1 aliphatic rings. The number of nitrogens with zero attached hydrogens (tertiary/aromatic N) is 4. The Morgan fingerprint density at radius 2 is 1.89 bits per heavy atom. The van der Waals surface area contributed by atoms with Crippen LogP contribution in [-0.2, 0) is 0 Å². The molecule has 0 unspecified atom stereocenters. The van der Waals surface area contributed by atoms with Crippen LogP contribution in [-0.4, -0.2) is 27.2 Å². The first kappa shape index (κ1) is 18.0. The number of fused-ring (bicyclic) bond motifs is 1. The van der Waals surface area contributed by atoms with Crippen LogP contribution in [0.1, 0.15) is 34.7 Å². The first-order valence-electron chi connectivity index (χ1n) is 8.65. The number of hydrogen-bond donors (Lipinski definition) is 0. The molecule has 1 atom stereocenters. The lowest BCUT2D eigenvalue weighted by atomic mass is 10.0. The molecule has 0 saturated carbocycles. The molecule has 138 valence electrons. The van der Waals surface area contributed by atoms with E-state index in [2.05, 4.69) is 10.1 Å². The number of aryl methyl sites for hydroxylation is 2. The van der Waals surface area contributed by atoms with Crippen molar-refractivity contribution in [1.82, 2.24) is 14.8 Å². The zero-order valence-corrected chi connectivity index (χ0v) is 16.7. The van der Waals surface area contributed by atoms with Gasteiger partial charge in [-0.3, -0.25) is 14.5 Å². The highest BCUT2D eigenvalue weighted by Gasteiger charge is 2.34. The van der Waals surface area contributed by atoms with E-state index in [1.165, 1.54) is 0 Å². The first-order chi connectivity index (χ1) is 12.9. The molecule has 5 nitrogen and oxygen atoms in total. The van der Waals surface area contributed by atoms with Gasteiger partial charge in [0.25, 0.3) is 5.91 Å². The van der Waals surface area contributed by atoms with Crippen molar-refractivity contribution < 1.29 is 4.79 Å². The number of halogens is 2. The fourth-order valence-corrected chi connectivity index (χ4v) is 3.90. The monoisotopic (exact) mass is 400 g/mol. The van der Waals surface area contributed by atoms with E-state index < -0.39 is 0 Å². The first-order valence-corrected chi connectivity index (χ1v) is 9.40. The largest absolute Gasteiger partial charge is 0.305 e. The van der Waals surface area contributed by atoms with Gasteiger partial charge < -0.3 is 4.90 Å².